The molecule has 0 spiro atoms. The Bertz CT molecular complexity index is 335. The molecule has 0 aromatic rings. The number of nitrogens with one attached hydrogen (secondary N) is 1. The van der Waals surface area contributed by atoms with E-state index in [0.717, 1.165) is 6.42 Å². The molecule has 5 nitrogen and oxygen atoms in total. The van der Waals surface area contributed by atoms with Gasteiger partial charge in [-0.15, -0.1) is 0 Å². The summed E-state index contributed by atoms with van der Waals surface area (Å²) < 4.78 is 5.33. The first-order chi connectivity index (χ1) is 8.99. The predicted octanol–water partition coefficient (Wildman–Crippen LogP) is 1.84. The second-order valence-electron chi connectivity index (χ2n) is 6.68. The van der Waals surface area contributed by atoms with Gasteiger partial charge in [0.25, 0.3) is 0 Å². The maximum absolute atomic E-state index is 12.1. The van der Waals surface area contributed by atoms with Crippen LogP contribution < -0.4 is 11.1 Å². The maximum Gasteiger partial charge on any atom is 0.329 e. The topological polar surface area (TPSA) is 81.4 Å². The third-order valence-electron chi connectivity index (χ3n) is 3.18. The van der Waals surface area contributed by atoms with E-state index in [0.29, 0.717) is 0 Å². The van der Waals surface area contributed by atoms with Crippen LogP contribution in [0.25, 0.3) is 0 Å². The van der Waals surface area contributed by atoms with Gasteiger partial charge in [0.2, 0.25) is 5.91 Å². The molecule has 0 aliphatic heterocycles. The van der Waals surface area contributed by atoms with Crippen LogP contribution in [0, 0.1) is 11.8 Å². The Balaban J connectivity index is 4.79. The van der Waals surface area contributed by atoms with Gasteiger partial charge in [0.15, 0.2) is 0 Å². The van der Waals surface area contributed by atoms with Gasteiger partial charge in [-0.1, -0.05) is 34.1 Å². The van der Waals surface area contributed by atoms with Gasteiger partial charge in [0.05, 0.1) is 6.04 Å². The van der Waals surface area contributed by atoms with Crippen molar-refractivity contribution < 1.29 is 14.3 Å². The van der Waals surface area contributed by atoms with E-state index in [9.17, 15) is 9.59 Å². The molecular weight excluding hydrogens is 256 g/mol. The Labute approximate surface area is 122 Å². The number of esters is 1. The molecule has 118 valence electrons. The Morgan fingerprint density at radius 1 is 1.20 bits per heavy atom. The number of hydrogen-bond acceptors (Lipinski definition) is 4. The number of carbonyl (C=O) groups is 2. The van der Waals surface area contributed by atoms with Gasteiger partial charge in [0, 0.05) is 0 Å². The highest BCUT2D eigenvalue weighted by Gasteiger charge is 2.31. The second kappa shape index (κ2) is 7.62. The molecule has 0 heterocycles. The number of carbonyl (C=O) groups excluding carboxylic acids is 2. The number of amides is 1. The van der Waals surface area contributed by atoms with Gasteiger partial charge in [0.1, 0.15) is 11.6 Å². The number of ether oxygens (including phenoxy) is 1. The Morgan fingerprint density at radius 2 is 1.70 bits per heavy atom. The molecule has 20 heavy (non-hydrogen) atoms. The molecule has 0 saturated heterocycles. The lowest BCUT2D eigenvalue weighted by Crippen LogP contribution is -2.53. The highest BCUT2D eigenvalue weighted by molar-refractivity contribution is 5.87. The maximum atomic E-state index is 12.1. The number of hydrogen-bond donors (Lipinski definition) is 2. The van der Waals surface area contributed by atoms with Crippen LogP contribution >= 0.6 is 0 Å². The number of rotatable bonds is 6. The lowest BCUT2D eigenvalue weighted by Gasteiger charge is -2.28. The van der Waals surface area contributed by atoms with E-state index < -0.39 is 23.7 Å². The van der Waals surface area contributed by atoms with Crippen LogP contribution in [0.1, 0.15) is 54.9 Å². The summed E-state index contributed by atoms with van der Waals surface area (Å²) >= 11 is 0. The zero-order valence-electron chi connectivity index (χ0n) is 13.8. The van der Waals surface area contributed by atoms with E-state index in [1.54, 1.807) is 20.8 Å². The van der Waals surface area contributed by atoms with Crippen molar-refractivity contribution in [2.24, 2.45) is 17.6 Å². The summed E-state index contributed by atoms with van der Waals surface area (Å²) in [7, 11) is 0. The van der Waals surface area contributed by atoms with Gasteiger partial charge in [-0.3, -0.25) is 4.79 Å². The summed E-state index contributed by atoms with van der Waals surface area (Å²) in [5, 5.41) is 2.72. The second-order valence-corrected chi connectivity index (χ2v) is 6.68. The van der Waals surface area contributed by atoms with Crippen LogP contribution in [0.5, 0.6) is 0 Å². The molecule has 0 rings (SSSR count). The zero-order valence-corrected chi connectivity index (χ0v) is 13.8. The molecule has 0 fully saturated rings. The molecule has 3 N–H and O–H groups in total. The van der Waals surface area contributed by atoms with Gasteiger partial charge >= 0.3 is 5.97 Å². The van der Waals surface area contributed by atoms with E-state index >= 15 is 0 Å². The predicted molar refractivity (Wildman–Crippen MR) is 80.0 cm³/mol. The largest absolute Gasteiger partial charge is 0.458 e. The van der Waals surface area contributed by atoms with E-state index in [1.807, 2.05) is 27.7 Å². The highest BCUT2D eigenvalue weighted by atomic mass is 16.6. The summed E-state index contributed by atoms with van der Waals surface area (Å²) in [6, 6.07) is -1.28. The van der Waals surface area contributed by atoms with Crippen molar-refractivity contribution in [3.8, 4) is 0 Å². The molecule has 0 aromatic heterocycles. The van der Waals surface area contributed by atoms with E-state index in [4.69, 9.17) is 10.5 Å². The summed E-state index contributed by atoms with van der Waals surface area (Å²) in [6.07, 6.45) is 0.813. The van der Waals surface area contributed by atoms with Crippen molar-refractivity contribution in [2.75, 3.05) is 0 Å². The van der Waals surface area contributed by atoms with Crippen LogP contribution in [0.2, 0.25) is 0 Å². The average Bonchev–Trinajstić information content (AvgIpc) is 2.30. The molecule has 5 heteroatoms. The molecular formula is C15H30N2O3. The number of nitrogens with two attached hydrogens (primary N) is 1. The van der Waals surface area contributed by atoms with Crippen LogP contribution in [0.3, 0.4) is 0 Å². The molecule has 0 radical (unpaired) electrons. The van der Waals surface area contributed by atoms with Crippen LogP contribution in [-0.2, 0) is 14.3 Å². The molecule has 0 unspecified atom stereocenters. The van der Waals surface area contributed by atoms with Crippen LogP contribution in [0.4, 0.5) is 0 Å². The Hall–Kier alpha value is -1.10. The van der Waals surface area contributed by atoms with Gasteiger partial charge in [-0.25, -0.2) is 4.79 Å². The van der Waals surface area contributed by atoms with Crippen LogP contribution in [0.15, 0.2) is 0 Å². The molecule has 0 saturated carbocycles. The highest BCUT2D eigenvalue weighted by Crippen LogP contribution is 2.13. The standard InChI is InChI=1S/C15H30N2O3/c1-8-10(4)11(16)13(18)17-12(9(2)3)14(19)20-15(5,6)7/h9-12H,8,16H2,1-7H3,(H,17,18)/t10-,11-,12-/m0/s1. The minimum atomic E-state index is -0.670. The van der Waals surface area contributed by atoms with E-state index in [1.165, 1.54) is 0 Å². The third kappa shape index (κ3) is 6.37. The minimum absolute atomic E-state index is 0.0575. The molecule has 0 aliphatic rings. The lowest BCUT2D eigenvalue weighted by atomic mass is 9.97. The first kappa shape index (κ1) is 18.9. The summed E-state index contributed by atoms with van der Waals surface area (Å²) in [5.41, 5.74) is 5.31. The van der Waals surface area contributed by atoms with Crippen molar-refractivity contribution in [2.45, 2.75) is 72.6 Å². The Kier molecular flexibility index (Phi) is 7.20. The Morgan fingerprint density at radius 3 is 2.05 bits per heavy atom. The first-order valence-electron chi connectivity index (χ1n) is 7.28. The SMILES string of the molecule is CC[C@H](C)[C@H](N)C(=O)N[C@H](C(=O)OC(C)(C)C)C(C)C. The summed E-state index contributed by atoms with van der Waals surface area (Å²) in [4.78, 5) is 24.2. The van der Waals surface area contributed by atoms with E-state index in [2.05, 4.69) is 5.32 Å². The van der Waals surface area contributed by atoms with Gasteiger partial charge in [-0.2, -0.15) is 0 Å². The van der Waals surface area contributed by atoms with Crippen molar-refractivity contribution in [1.29, 1.82) is 0 Å². The quantitative estimate of drug-likeness (QED) is 0.730. The monoisotopic (exact) mass is 286 g/mol. The molecule has 0 aliphatic carbocycles. The third-order valence-corrected chi connectivity index (χ3v) is 3.18. The normalized spacial score (nSPS) is 16.4. The first-order valence-corrected chi connectivity index (χ1v) is 7.28. The molecule has 1 amide bonds. The molecule has 0 bridgehead atoms. The van der Waals surface area contributed by atoms with Crippen molar-refractivity contribution in [3.63, 3.8) is 0 Å². The fraction of sp³-hybridized carbons (Fsp3) is 0.867. The summed E-state index contributed by atoms with van der Waals surface area (Å²) in [5.74, 6) is -0.708. The van der Waals surface area contributed by atoms with Crippen LogP contribution in [-0.4, -0.2) is 29.6 Å². The molecule has 3 atom stereocenters. The fourth-order valence-corrected chi connectivity index (χ4v) is 1.62. The van der Waals surface area contributed by atoms with Crippen molar-refractivity contribution in [3.05, 3.63) is 0 Å². The van der Waals surface area contributed by atoms with Crippen molar-refractivity contribution in [1.82, 2.24) is 5.32 Å². The van der Waals surface area contributed by atoms with Gasteiger partial charge < -0.3 is 15.8 Å². The fourth-order valence-electron chi connectivity index (χ4n) is 1.62. The minimum Gasteiger partial charge on any atom is -0.458 e. The zero-order chi connectivity index (χ0) is 16.1. The van der Waals surface area contributed by atoms with Gasteiger partial charge in [-0.05, 0) is 32.6 Å². The average molecular weight is 286 g/mol. The smallest absolute Gasteiger partial charge is 0.329 e. The lowest BCUT2D eigenvalue weighted by molar-refractivity contribution is -0.160. The van der Waals surface area contributed by atoms with Crippen molar-refractivity contribution >= 4 is 11.9 Å². The van der Waals surface area contributed by atoms with E-state index in [-0.39, 0.29) is 17.7 Å². The summed E-state index contributed by atoms with van der Waals surface area (Å²) in [6.45, 7) is 13.0. The molecule has 0 aromatic carbocycles.